The van der Waals surface area contributed by atoms with E-state index >= 15 is 0 Å². The van der Waals surface area contributed by atoms with Crippen molar-refractivity contribution in [1.82, 2.24) is 4.90 Å². The maximum absolute atomic E-state index is 6.06. The zero-order valence-corrected chi connectivity index (χ0v) is 12.5. The van der Waals surface area contributed by atoms with E-state index in [0.29, 0.717) is 12.0 Å². The van der Waals surface area contributed by atoms with Crippen molar-refractivity contribution >= 4 is 11.3 Å². The van der Waals surface area contributed by atoms with E-state index in [0.717, 1.165) is 6.54 Å². The van der Waals surface area contributed by atoms with E-state index in [1.807, 2.05) is 11.3 Å². The minimum absolute atomic E-state index is 0.567. The van der Waals surface area contributed by atoms with Gasteiger partial charge in [-0.2, -0.15) is 0 Å². The highest BCUT2D eigenvalue weighted by Gasteiger charge is 2.31. The molecule has 1 fully saturated rings. The highest BCUT2D eigenvalue weighted by Crippen LogP contribution is 2.38. The SMILES string of the molecule is CCCN1CCCCC(CN)C1c1sccc1C. The molecule has 18 heavy (non-hydrogen) atoms. The molecule has 0 saturated carbocycles. The molecule has 0 spiro atoms. The van der Waals surface area contributed by atoms with Crippen LogP contribution >= 0.6 is 11.3 Å². The second-order valence-electron chi connectivity index (χ2n) is 5.44. The van der Waals surface area contributed by atoms with Gasteiger partial charge in [0.2, 0.25) is 0 Å². The Bertz CT molecular complexity index is 361. The first-order chi connectivity index (χ1) is 8.77. The first kappa shape index (κ1) is 14.0. The van der Waals surface area contributed by atoms with Gasteiger partial charge in [-0.3, -0.25) is 4.90 Å². The molecule has 0 bridgehead atoms. The molecule has 2 rings (SSSR count). The summed E-state index contributed by atoms with van der Waals surface area (Å²) in [5.41, 5.74) is 7.51. The number of likely N-dealkylation sites (tertiary alicyclic amines) is 1. The summed E-state index contributed by atoms with van der Waals surface area (Å²) >= 11 is 1.92. The van der Waals surface area contributed by atoms with Crippen molar-refractivity contribution < 1.29 is 0 Å². The molecule has 2 atom stereocenters. The smallest absolute Gasteiger partial charge is 0.0484 e. The Hall–Kier alpha value is -0.380. The molecular weight excluding hydrogens is 240 g/mol. The highest BCUT2D eigenvalue weighted by molar-refractivity contribution is 7.10. The molecular formula is C15H26N2S. The number of nitrogens with two attached hydrogens (primary N) is 1. The largest absolute Gasteiger partial charge is 0.330 e. The van der Waals surface area contributed by atoms with E-state index in [1.165, 1.54) is 44.3 Å². The van der Waals surface area contributed by atoms with Gasteiger partial charge in [0.05, 0.1) is 0 Å². The third-order valence-corrected chi connectivity index (χ3v) is 5.18. The molecule has 2 heterocycles. The molecule has 2 N–H and O–H groups in total. The van der Waals surface area contributed by atoms with Gasteiger partial charge in [-0.25, -0.2) is 0 Å². The summed E-state index contributed by atoms with van der Waals surface area (Å²) in [6, 6.07) is 2.82. The fraction of sp³-hybridized carbons (Fsp3) is 0.733. The van der Waals surface area contributed by atoms with E-state index in [-0.39, 0.29) is 0 Å². The summed E-state index contributed by atoms with van der Waals surface area (Å²) in [5, 5.41) is 2.23. The molecule has 1 aliphatic heterocycles. The van der Waals surface area contributed by atoms with Crippen LogP contribution in [0.3, 0.4) is 0 Å². The Morgan fingerprint density at radius 2 is 2.28 bits per heavy atom. The summed E-state index contributed by atoms with van der Waals surface area (Å²) in [5.74, 6) is 0.636. The summed E-state index contributed by atoms with van der Waals surface area (Å²) < 4.78 is 0. The van der Waals surface area contributed by atoms with Gasteiger partial charge in [-0.05, 0) is 68.7 Å². The fourth-order valence-electron chi connectivity index (χ4n) is 3.17. The van der Waals surface area contributed by atoms with Crippen LogP contribution in [0, 0.1) is 12.8 Å². The average Bonchev–Trinajstić information content (AvgIpc) is 2.68. The van der Waals surface area contributed by atoms with E-state index in [9.17, 15) is 0 Å². The Morgan fingerprint density at radius 3 is 2.89 bits per heavy atom. The highest BCUT2D eigenvalue weighted by atomic mass is 32.1. The first-order valence-electron chi connectivity index (χ1n) is 7.26. The molecule has 2 unspecified atom stereocenters. The fourth-order valence-corrected chi connectivity index (χ4v) is 4.32. The molecule has 0 aliphatic carbocycles. The number of hydrogen-bond acceptors (Lipinski definition) is 3. The van der Waals surface area contributed by atoms with Crippen molar-refractivity contribution in [1.29, 1.82) is 0 Å². The van der Waals surface area contributed by atoms with Crippen LogP contribution in [0.25, 0.3) is 0 Å². The Balaban J connectivity index is 2.29. The quantitative estimate of drug-likeness (QED) is 0.902. The molecule has 1 aliphatic rings. The number of nitrogens with zero attached hydrogens (tertiary/aromatic N) is 1. The second-order valence-corrected chi connectivity index (χ2v) is 6.39. The maximum atomic E-state index is 6.06. The van der Waals surface area contributed by atoms with E-state index in [1.54, 1.807) is 4.88 Å². The van der Waals surface area contributed by atoms with Crippen LogP contribution in [-0.2, 0) is 0 Å². The van der Waals surface area contributed by atoms with Crippen molar-refractivity contribution in [2.45, 2.75) is 45.6 Å². The van der Waals surface area contributed by atoms with Gasteiger partial charge in [-0.1, -0.05) is 13.3 Å². The van der Waals surface area contributed by atoms with Crippen LogP contribution in [0.4, 0.5) is 0 Å². The molecule has 3 heteroatoms. The van der Waals surface area contributed by atoms with Gasteiger partial charge < -0.3 is 5.73 Å². The zero-order valence-electron chi connectivity index (χ0n) is 11.7. The van der Waals surface area contributed by atoms with E-state index < -0.39 is 0 Å². The lowest BCUT2D eigenvalue weighted by molar-refractivity contribution is 0.161. The van der Waals surface area contributed by atoms with Crippen molar-refractivity contribution in [2.75, 3.05) is 19.6 Å². The molecule has 1 saturated heterocycles. The van der Waals surface area contributed by atoms with Gasteiger partial charge in [-0.15, -0.1) is 11.3 Å². The lowest BCUT2D eigenvalue weighted by Crippen LogP contribution is -2.36. The van der Waals surface area contributed by atoms with E-state index in [2.05, 4.69) is 30.2 Å². The standard InChI is InChI=1S/C15H26N2S/c1-3-8-17-9-5-4-6-13(11-16)14(17)15-12(2)7-10-18-15/h7,10,13-14H,3-6,8-9,11,16H2,1-2H3. The molecule has 102 valence electrons. The average molecular weight is 266 g/mol. The van der Waals surface area contributed by atoms with Crippen molar-refractivity contribution in [2.24, 2.45) is 11.7 Å². The van der Waals surface area contributed by atoms with Crippen molar-refractivity contribution in [3.8, 4) is 0 Å². The van der Waals surface area contributed by atoms with Crippen molar-refractivity contribution in [3.05, 3.63) is 21.9 Å². The third kappa shape index (κ3) is 2.95. The minimum atomic E-state index is 0.567. The summed E-state index contributed by atoms with van der Waals surface area (Å²) in [6.07, 6.45) is 5.19. The Labute approximate surface area is 115 Å². The Morgan fingerprint density at radius 1 is 1.44 bits per heavy atom. The van der Waals surface area contributed by atoms with Crippen LogP contribution < -0.4 is 5.73 Å². The van der Waals surface area contributed by atoms with Gasteiger partial charge in [0.1, 0.15) is 0 Å². The first-order valence-corrected chi connectivity index (χ1v) is 8.14. The van der Waals surface area contributed by atoms with Gasteiger partial charge in [0.15, 0.2) is 0 Å². The third-order valence-electron chi connectivity index (χ3n) is 4.09. The van der Waals surface area contributed by atoms with Crippen LogP contribution in [0.15, 0.2) is 11.4 Å². The summed E-state index contributed by atoms with van der Waals surface area (Å²) in [7, 11) is 0. The lowest BCUT2D eigenvalue weighted by atomic mass is 9.92. The molecule has 1 aromatic rings. The molecule has 2 nitrogen and oxygen atoms in total. The molecule has 0 aromatic carbocycles. The normalized spacial score (nSPS) is 26.2. The van der Waals surface area contributed by atoms with Crippen LogP contribution in [-0.4, -0.2) is 24.5 Å². The molecule has 0 radical (unpaired) electrons. The van der Waals surface area contributed by atoms with Crippen LogP contribution in [0.2, 0.25) is 0 Å². The van der Waals surface area contributed by atoms with Gasteiger partial charge in [0, 0.05) is 10.9 Å². The predicted molar refractivity (Wildman–Crippen MR) is 80.1 cm³/mol. The minimum Gasteiger partial charge on any atom is -0.330 e. The number of rotatable bonds is 4. The number of hydrogen-bond donors (Lipinski definition) is 1. The summed E-state index contributed by atoms with van der Waals surface area (Å²) in [6.45, 7) is 7.79. The number of aryl methyl sites for hydroxylation is 1. The predicted octanol–water partition coefficient (Wildman–Crippen LogP) is 3.57. The van der Waals surface area contributed by atoms with Gasteiger partial charge in [0.25, 0.3) is 0 Å². The number of thiophene rings is 1. The Kier molecular flexibility index (Phi) is 5.22. The monoisotopic (exact) mass is 266 g/mol. The van der Waals surface area contributed by atoms with Crippen molar-refractivity contribution in [3.63, 3.8) is 0 Å². The topological polar surface area (TPSA) is 29.3 Å². The van der Waals surface area contributed by atoms with Crippen LogP contribution in [0.5, 0.6) is 0 Å². The zero-order chi connectivity index (χ0) is 13.0. The van der Waals surface area contributed by atoms with Gasteiger partial charge >= 0.3 is 0 Å². The second kappa shape index (κ2) is 6.69. The summed E-state index contributed by atoms with van der Waals surface area (Å²) in [4.78, 5) is 4.24. The lowest BCUT2D eigenvalue weighted by Gasteiger charge is -2.34. The van der Waals surface area contributed by atoms with E-state index in [4.69, 9.17) is 5.73 Å². The van der Waals surface area contributed by atoms with Crippen LogP contribution in [0.1, 0.15) is 49.1 Å². The molecule has 0 amide bonds. The molecule has 1 aromatic heterocycles. The maximum Gasteiger partial charge on any atom is 0.0484 e.